The van der Waals surface area contributed by atoms with Gasteiger partial charge in [-0.3, -0.25) is 4.90 Å². The highest BCUT2D eigenvalue weighted by Crippen LogP contribution is 2.28. The lowest BCUT2D eigenvalue weighted by molar-refractivity contribution is 0.134. The molecule has 18 heavy (non-hydrogen) atoms. The number of methoxy groups -OCH3 is 1. The van der Waals surface area contributed by atoms with Crippen molar-refractivity contribution >= 4 is 0 Å². The number of phenols is 1. The molecule has 0 heterocycles. The lowest BCUT2D eigenvalue weighted by atomic mass is 9.87. The van der Waals surface area contributed by atoms with Crippen LogP contribution in [-0.2, 0) is 6.54 Å². The van der Waals surface area contributed by atoms with Crippen LogP contribution in [0.1, 0.15) is 33.3 Å². The van der Waals surface area contributed by atoms with Gasteiger partial charge in [-0.1, -0.05) is 26.8 Å². The average Bonchev–Trinajstić information content (AvgIpc) is 2.27. The monoisotopic (exact) mass is 251 g/mol. The molecule has 1 unspecified atom stereocenters. The fraction of sp³-hybridized carbons (Fsp3) is 0.600. The predicted octanol–water partition coefficient (Wildman–Crippen LogP) is 3.27. The Morgan fingerprint density at radius 1 is 1.33 bits per heavy atom. The van der Waals surface area contributed by atoms with Crippen molar-refractivity contribution in [3.8, 4) is 11.5 Å². The normalized spacial score (nSPS) is 13.7. The Morgan fingerprint density at radius 2 is 1.94 bits per heavy atom. The largest absolute Gasteiger partial charge is 0.504 e. The zero-order chi connectivity index (χ0) is 13.9. The molecule has 1 aromatic carbocycles. The third-order valence-corrected chi connectivity index (χ3v) is 3.59. The van der Waals surface area contributed by atoms with E-state index in [9.17, 15) is 5.11 Å². The van der Waals surface area contributed by atoms with Gasteiger partial charge in [0.25, 0.3) is 0 Å². The zero-order valence-corrected chi connectivity index (χ0v) is 12.3. The van der Waals surface area contributed by atoms with E-state index in [4.69, 9.17) is 4.74 Å². The second-order valence-corrected chi connectivity index (χ2v) is 5.96. The maximum atomic E-state index is 9.76. The van der Waals surface area contributed by atoms with Gasteiger partial charge in [-0.05, 0) is 37.1 Å². The van der Waals surface area contributed by atoms with Gasteiger partial charge in [0.2, 0.25) is 0 Å². The summed E-state index contributed by atoms with van der Waals surface area (Å²) in [4.78, 5) is 2.29. The molecule has 0 fully saturated rings. The number of nitrogens with zero attached hydrogens (tertiary/aromatic N) is 1. The fourth-order valence-corrected chi connectivity index (χ4v) is 1.92. The highest BCUT2D eigenvalue weighted by atomic mass is 16.5. The summed E-state index contributed by atoms with van der Waals surface area (Å²) in [5.41, 5.74) is 1.33. The molecule has 0 bridgehead atoms. The molecule has 0 spiro atoms. The first-order chi connectivity index (χ1) is 8.25. The number of phenolic OH excluding ortho intramolecular Hbond substituents is 1. The van der Waals surface area contributed by atoms with Crippen LogP contribution in [0.15, 0.2) is 18.2 Å². The molecule has 3 nitrogen and oxygen atoms in total. The van der Waals surface area contributed by atoms with Crippen LogP contribution in [0.25, 0.3) is 0 Å². The molecule has 1 atom stereocenters. The number of benzene rings is 1. The second-order valence-electron chi connectivity index (χ2n) is 5.96. The standard InChI is InChI=1S/C15H25NO2/c1-11(15(2,3)4)16(5)10-12-7-8-14(18-6)13(17)9-12/h7-9,11,17H,10H2,1-6H3. The third kappa shape index (κ3) is 3.64. The van der Waals surface area contributed by atoms with Crippen LogP contribution in [0, 0.1) is 5.41 Å². The Morgan fingerprint density at radius 3 is 2.39 bits per heavy atom. The molecule has 0 amide bonds. The highest BCUT2D eigenvalue weighted by Gasteiger charge is 2.23. The smallest absolute Gasteiger partial charge is 0.160 e. The summed E-state index contributed by atoms with van der Waals surface area (Å²) in [5.74, 6) is 0.720. The molecule has 1 rings (SSSR count). The molecular weight excluding hydrogens is 226 g/mol. The van der Waals surface area contributed by atoms with Crippen molar-refractivity contribution in [2.45, 2.75) is 40.3 Å². The number of hydrogen-bond acceptors (Lipinski definition) is 3. The fourth-order valence-electron chi connectivity index (χ4n) is 1.92. The van der Waals surface area contributed by atoms with E-state index in [1.807, 2.05) is 6.07 Å². The van der Waals surface area contributed by atoms with Crippen LogP contribution >= 0.6 is 0 Å². The van der Waals surface area contributed by atoms with E-state index in [-0.39, 0.29) is 11.2 Å². The summed E-state index contributed by atoms with van der Waals surface area (Å²) in [5, 5.41) is 9.76. The Bertz CT molecular complexity index is 396. The number of ether oxygens (including phenoxy) is 1. The summed E-state index contributed by atoms with van der Waals surface area (Å²) in [6.07, 6.45) is 0. The lowest BCUT2D eigenvalue weighted by Crippen LogP contribution is -2.38. The minimum atomic E-state index is 0.201. The van der Waals surface area contributed by atoms with E-state index < -0.39 is 0 Å². The van der Waals surface area contributed by atoms with Crippen LogP contribution in [0.4, 0.5) is 0 Å². The quantitative estimate of drug-likeness (QED) is 0.891. The molecule has 0 radical (unpaired) electrons. The maximum Gasteiger partial charge on any atom is 0.160 e. The van der Waals surface area contributed by atoms with Gasteiger partial charge in [-0.25, -0.2) is 0 Å². The molecule has 1 aromatic rings. The van der Waals surface area contributed by atoms with Gasteiger partial charge in [0.15, 0.2) is 11.5 Å². The molecular formula is C15H25NO2. The number of aromatic hydroxyl groups is 1. The Balaban J connectivity index is 2.76. The average molecular weight is 251 g/mol. The van der Waals surface area contributed by atoms with Crippen LogP contribution in [0.5, 0.6) is 11.5 Å². The van der Waals surface area contributed by atoms with Gasteiger partial charge in [-0.2, -0.15) is 0 Å². The van der Waals surface area contributed by atoms with Crippen molar-refractivity contribution in [2.75, 3.05) is 14.2 Å². The van der Waals surface area contributed by atoms with E-state index >= 15 is 0 Å². The molecule has 1 N–H and O–H groups in total. The van der Waals surface area contributed by atoms with E-state index in [1.54, 1.807) is 19.2 Å². The van der Waals surface area contributed by atoms with E-state index in [0.717, 1.165) is 12.1 Å². The Kier molecular flexibility index (Phi) is 4.63. The van der Waals surface area contributed by atoms with Crippen LogP contribution < -0.4 is 4.74 Å². The van der Waals surface area contributed by atoms with Crippen LogP contribution in [-0.4, -0.2) is 30.2 Å². The molecule has 3 heteroatoms. The molecule has 0 aliphatic carbocycles. The van der Waals surface area contributed by atoms with Gasteiger partial charge in [0, 0.05) is 12.6 Å². The predicted molar refractivity (Wildman–Crippen MR) is 75.0 cm³/mol. The summed E-state index contributed by atoms with van der Waals surface area (Å²) in [6, 6.07) is 6.02. The summed E-state index contributed by atoms with van der Waals surface area (Å²) in [6.45, 7) is 9.75. The SMILES string of the molecule is COc1ccc(CN(C)C(C)C(C)(C)C)cc1O. The summed E-state index contributed by atoms with van der Waals surface area (Å²) >= 11 is 0. The van der Waals surface area contributed by atoms with E-state index in [0.29, 0.717) is 11.8 Å². The van der Waals surface area contributed by atoms with Gasteiger partial charge in [0.05, 0.1) is 7.11 Å². The van der Waals surface area contributed by atoms with Crippen molar-refractivity contribution in [3.63, 3.8) is 0 Å². The van der Waals surface area contributed by atoms with Crippen molar-refractivity contribution in [1.29, 1.82) is 0 Å². The van der Waals surface area contributed by atoms with Gasteiger partial charge >= 0.3 is 0 Å². The zero-order valence-electron chi connectivity index (χ0n) is 12.3. The number of hydrogen-bond donors (Lipinski definition) is 1. The van der Waals surface area contributed by atoms with Crippen LogP contribution in [0.3, 0.4) is 0 Å². The van der Waals surface area contributed by atoms with Crippen LogP contribution in [0.2, 0.25) is 0 Å². The molecule has 0 aromatic heterocycles. The van der Waals surface area contributed by atoms with Gasteiger partial charge in [-0.15, -0.1) is 0 Å². The van der Waals surface area contributed by atoms with E-state index in [1.165, 1.54) is 0 Å². The molecule has 0 saturated heterocycles. The Hall–Kier alpha value is -1.22. The second kappa shape index (κ2) is 5.61. The van der Waals surface area contributed by atoms with Crippen molar-refractivity contribution < 1.29 is 9.84 Å². The molecule has 102 valence electrons. The van der Waals surface area contributed by atoms with E-state index in [2.05, 4.69) is 39.6 Å². The maximum absolute atomic E-state index is 9.76. The van der Waals surface area contributed by atoms with Crippen molar-refractivity contribution in [3.05, 3.63) is 23.8 Å². The first kappa shape index (κ1) is 14.8. The lowest BCUT2D eigenvalue weighted by Gasteiger charge is -2.35. The van der Waals surface area contributed by atoms with Crippen molar-refractivity contribution in [1.82, 2.24) is 4.90 Å². The molecule has 0 aliphatic rings. The Labute approximate surface area is 110 Å². The topological polar surface area (TPSA) is 32.7 Å². The minimum Gasteiger partial charge on any atom is -0.504 e. The third-order valence-electron chi connectivity index (χ3n) is 3.59. The molecule has 0 aliphatic heterocycles. The number of rotatable bonds is 4. The summed E-state index contributed by atoms with van der Waals surface area (Å²) < 4.78 is 5.04. The minimum absolute atomic E-state index is 0.201. The first-order valence-electron chi connectivity index (χ1n) is 6.32. The first-order valence-corrected chi connectivity index (χ1v) is 6.32. The van der Waals surface area contributed by atoms with Gasteiger partial charge < -0.3 is 9.84 Å². The molecule has 0 saturated carbocycles. The van der Waals surface area contributed by atoms with Gasteiger partial charge in [0.1, 0.15) is 0 Å². The highest BCUT2D eigenvalue weighted by molar-refractivity contribution is 5.41. The van der Waals surface area contributed by atoms with Crippen molar-refractivity contribution in [2.24, 2.45) is 5.41 Å². The summed E-state index contributed by atoms with van der Waals surface area (Å²) in [7, 11) is 3.67.